The summed E-state index contributed by atoms with van der Waals surface area (Å²) < 4.78 is 31.6. The first-order valence-corrected chi connectivity index (χ1v) is 11.9. The maximum absolute atomic E-state index is 12.3. The Labute approximate surface area is 180 Å². The van der Waals surface area contributed by atoms with E-state index in [1.807, 2.05) is 58.0 Å². The van der Waals surface area contributed by atoms with Crippen LogP contribution >= 0.6 is 0 Å². The molecule has 7 heteroatoms. The van der Waals surface area contributed by atoms with Crippen LogP contribution in [-0.4, -0.2) is 40.3 Å². The Hall–Kier alpha value is -2.54. The van der Waals surface area contributed by atoms with E-state index in [-0.39, 0.29) is 18.9 Å². The molecule has 0 saturated heterocycles. The molecule has 0 saturated carbocycles. The monoisotopic (exact) mass is 432 g/mol. The second kappa shape index (κ2) is 10.5. The number of nitrogens with one attached hydrogen (secondary N) is 1. The molecule has 164 valence electrons. The van der Waals surface area contributed by atoms with E-state index < -0.39 is 10.0 Å². The lowest BCUT2D eigenvalue weighted by atomic mass is 10.1. The van der Waals surface area contributed by atoms with Crippen molar-refractivity contribution in [3.63, 3.8) is 0 Å². The van der Waals surface area contributed by atoms with Gasteiger partial charge in [0.2, 0.25) is 15.9 Å². The molecule has 0 aliphatic rings. The van der Waals surface area contributed by atoms with Gasteiger partial charge in [-0.3, -0.25) is 9.10 Å². The zero-order chi connectivity index (χ0) is 22.3. The van der Waals surface area contributed by atoms with Gasteiger partial charge in [-0.15, -0.1) is 0 Å². The maximum Gasteiger partial charge on any atom is 0.232 e. The molecule has 0 fully saturated rings. The van der Waals surface area contributed by atoms with Gasteiger partial charge in [0.25, 0.3) is 0 Å². The van der Waals surface area contributed by atoms with Gasteiger partial charge in [0.05, 0.1) is 18.5 Å². The summed E-state index contributed by atoms with van der Waals surface area (Å²) >= 11 is 0. The summed E-state index contributed by atoms with van der Waals surface area (Å²) in [7, 11) is -3.43. The lowest BCUT2D eigenvalue weighted by Crippen LogP contribution is -2.33. The van der Waals surface area contributed by atoms with Gasteiger partial charge in [-0.25, -0.2) is 8.42 Å². The molecule has 0 aromatic heterocycles. The van der Waals surface area contributed by atoms with E-state index in [2.05, 4.69) is 5.32 Å². The second-order valence-electron chi connectivity index (χ2n) is 7.60. The number of ether oxygens (including phenoxy) is 1. The number of nitrogens with zero attached hydrogens (tertiary/aromatic N) is 1. The van der Waals surface area contributed by atoms with Crippen molar-refractivity contribution < 1.29 is 17.9 Å². The lowest BCUT2D eigenvalue weighted by Gasteiger charge is -2.24. The minimum absolute atomic E-state index is 0.117. The Morgan fingerprint density at radius 3 is 2.43 bits per heavy atom. The molecule has 0 aliphatic heterocycles. The SMILES string of the molecule is Cc1ccc(OCCNC(=O)CCCN(c2cccc(C)c2C)S(C)(=O)=O)cc1C. The molecule has 0 heterocycles. The van der Waals surface area contributed by atoms with Crippen LogP contribution in [-0.2, 0) is 14.8 Å². The number of hydrogen-bond acceptors (Lipinski definition) is 4. The predicted molar refractivity (Wildman–Crippen MR) is 122 cm³/mol. The van der Waals surface area contributed by atoms with Gasteiger partial charge in [-0.2, -0.15) is 0 Å². The standard InChI is InChI=1S/C23H32N2O4S/c1-17-11-12-21(16-19(17)3)29-15-13-24-23(26)10-7-14-25(30(5,27)28)22-9-6-8-18(2)20(22)4/h6,8-9,11-12,16H,7,10,13-15H2,1-5H3,(H,24,26). The minimum Gasteiger partial charge on any atom is -0.492 e. The first-order chi connectivity index (χ1) is 14.1. The van der Waals surface area contributed by atoms with Crippen LogP contribution < -0.4 is 14.4 Å². The Bertz CT molecular complexity index is 987. The van der Waals surface area contributed by atoms with E-state index in [1.54, 1.807) is 6.07 Å². The zero-order valence-electron chi connectivity index (χ0n) is 18.5. The molecule has 2 aromatic carbocycles. The highest BCUT2D eigenvalue weighted by Crippen LogP contribution is 2.25. The highest BCUT2D eigenvalue weighted by molar-refractivity contribution is 7.92. The van der Waals surface area contributed by atoms with Crippen molar-refractivity contribution in [2.24, 2.45) is 0 Å². The summed E-state index contributed by atoms with van der Waals surface area (Å²) in [6, 6.07) is 11.5. The summed E-state index contributed by atoms with van der Waals surface area (Å²) in [4.78, 5) is 12.1. The van der Waals surface area contributed by atoms with Crippen molar-refractivity contribution in [1.82, 2.24) is 5.32 Å². The average Bonchev–Trinajstić information content (AvgIpc) is 2.67. The van der Waals surface area contributed by atoms with Crippen LogP contribution in [0.3, 0.4) is 0 Å². The number of anilines is 1. The average molecular weight is 433 g/mol. The molecule has 0 unspecified atom stereocenters. The van der Waals surface area contributed by atoms with E-state index in [0.29, 0.717) is 25.3 Å². The molecule has 0 bridgehead atoms. The maximum atomic E-state index is 12.3. The summed E-state index contributed by atoms with van der Waals surface area (Å²) in [6.45, 7) is 8.98. The molecule has 2 aromatic rings. The van der Waals surface area contributed by atoms with Crippen molar-refractivity contribution in [3.8, 4) is 5.75 Å². The molecule has 0 atom stereocenters. The fourth-order valence-electron chi connectivity index (χ4n) is 3.11. The fraction of sp³-hybridized carbons (Fsp3) is 0.435. The second-order valence-corrected chi connectivity index (χ2v) is 9.51. The van der Waals surface area contributed by atoms with Crippen LogP contribution in [0.25, 0.3) is 0 Å². The third kappa shape index (κ3) is 6.76. The number of carbonyl (C=O) groups excluding carboxylic acids is 1. The lowest BCUT2D eigenvalue weighted by molar-refractivity contribution is -0.121. The topological polar surface area (TPSA) is 75.7 Å². The first kappa shape index (κ1) is 23.7. The Morgan fingerprint density at radius 2 is 1.77 bits per heavy atom. The van der Waals surface area contributed by atoms with Gasteiger partial charge in [0.1, 0.15) is 12.4 Å². The third-order valence-corrected chi connectivity index (χ3v) is 6.36. The van der Waals surface area contributed by atoms with Gasteiger partial charge in [-0.1, -0.05) is 18.2 Å². The van der Waals surface area contributed by atoms with Crippen LogP contribution in [0, 0.1) is 27.7 Å². The Morgan fingerprint density at radius 1 is 1.03 bits per heavy atom. The quantitative estimate of drug-likeness (QED) is 0.582. The minimum atomic E-state index is -3.43. The van der Waals surface area contributed by atoms with Crippen molar-refractivity contribution >= 4 is 21.6 Å². The van der Waals surface area contributed by atoms with Crippen molar-refractivity contribution in [3.05, 3.63) is 58.7 Å². The molecule has 6 nitrogen and oxygen atoms in total. The highest BCUT2D eigenvalue weighted by Gasteiger charge is 2.19. The molecular weight excluding hydrogens is 400 g/mol. The number of hydrogen-bond donors (Lipinski definition) is 1. The van der Waals surface area contributed by atoms with Gasteiger partial charge in [-0.05, 0) is 74.6 Å². The summed E-state index contributed by atoms with van der Waals surface area (Å²) in [5.74, 6) is 0.665. The van der Waals surface area contributed by atoms with E-state index in [9.17, 15) is 13.2 Å². The smallest absolute Gasteiger partial charge is 0.232 e. The molecule has 1 N–H and O–H groups in total. The Kier molecular flexibility index (Phi) is 8.29. The Balaban J connectivity index is 1.80. The number of sulfonamides is 1. The highest BCUT2D eigenvalue weighted by atomic mass is 32.2. The number of aryl methyl sites for hydroxylation is 3. The molecule has 30 heavy (non-hydrogen) atoms. The number of amides is 1. The third-order valence-electron chi connectivity index (χ3n) is 5.18. The van der Waals surface area contributed by atoms with Crippen LogP contribution in [0.2, 0.25) is 0 Å². The van der Waals surface area contributed by atoms with Crippen molar-refractivity contribution in [2.45, 2.75) is 40.5 Å². The number of benzene rings is 2. The van der Waals surface area contributed by atoms with Crippen molar-refractivity contribution in [1.29, 1.82) is 0 Å². The number of carbonyl (C=O) groups is 1. The summed E-state index contributed by atoms with van der Waals surface area (Å²) in [6.07, 6.45) is 1.88. The fourth-order valence-corrected chi connectivity index (χ4v) is 4.12. The molecule has 1 amide bonds. The number of rotatable bonds is 10. The van der Waals surface area contributed by atoms with E-state index >= 15 is 0 Å². The predicted octanol–water partition coefficient (Wildman–Crippen LogP) is 3.66. The first-order valence-electron chi connectivity index (χ1n) is 10.1. The largest absolute Gasteiger partial charge is 0.492 e. The molecule has 0 aliphatic carbocycles. The van der Waals surface area contributed by atoms with E-state index in [1.165, 1.54) is 16.1 Å². The van der Waals surface area contributed by atoms with Crippen molar-refractivity contribution in [2.75, 3.05) is 30.3 Å². The summed E-state index contributed by atoms with van der Waals surface area (Å²) in [5, 5.41) is 2.82. The van der Waals surface area contributed by atoms with Crippen LogP contribution in [0.4, 0.5) is 5.69 Å². The van der Waals surface area contributed by atoms with Crippen LogP contribution in [0.1, 0.15) is 35.1 Å². The van der Waals surface area contributed by atoms with Gasteiger partial charge in [0.15, 0.2) is 0 Å². The molecule has 0 radical (unpaired) electrons. The van der Waals surface area contributed by atoms with Crippen LogP contribution in [0.15, 0.2) is 36.4 Å². The normalized spacial score (nSPS) is 11.2. The molecular formula is C23H32N2O4S. The molecule has 0 spiro atoms. The van der Waals surface area contributed by atoms with Gasteiger partial charge in [0, 0.05) is 13.0 Å². The van der Waals surface area contributed by atoms with Crippen LogP contribution in [0.5, 0.6) is 5.75 Å². The summed E-state index contributed by atoms with van der Waals surface area (Å²) in [5.41, 5.74) is 4.99. The van der Waals surface area contributed by atoms with E-state index in [0.717, 1.165) is 22.4 Å². The molecule has 2 rings (SSSR count). The zero-order valence-corrected chi connectivity index (χ0v) is 19.3. The van der Waals surface area contributed by atoms with Gasteiger partial charge >= 0.3 is 0 Å². The van der Waals surface area contributed by atoms with E-state index in [4.69, 9.17) is 4.74 Å². The van der Waals surface area contributed by atoms with Gasteiger partial charge < -0.3 is 10.1 Å².